The van der Waals surface area contributed by atoms with Gasteiger partial charge in [0.25, 0.3) is 0 Å². The summed E-state index contributed by atoms with van der Waals surface area (Å²) in [6.45, 7) is 17.2. The zero-order chi connectivity index (χ0) is 27.3. The zero-order valence-corrected chi connectivity index (χ0v) is 25.2. The van der Waals surface area contributed by atoms with E-state index in [2.05, 4.69) is 54.5 Å². The molecule has 5 rings (SSSR count). The second-order valence-electron chi connectivity index (χ2n) is 14.8. The van der Waals surface area contributed by atoms with Crippen molar-refractivity contribution in [2.24, 2.45) is 39.9 Å². The Morgan fingerprint density at radius 2 is 1.68 bits per heavy atom. The van der Waals surface area contributed by atoms with Crippen LogP contribution >= 0.6 is 0 Å². The number of hydrogen-bond donors (Lipinski definition) is 0. The molecule has 1 aromatic carbocycles. The van der Waals surface area contributed by atoms with Gasteiger partial charge in [0.1, 0.15) is 6.10 Å². The topological polar surface area (TPSA) is 26.3 Å². The Balaban J connectivity index is 1.34. The van der Waals surface area contributed by atoms with Crippen molar-refractivity contribution >= 4 is 5.97 Å². The first-order valence-corrected chi connectivity index (χ1v) is 15.7. The van der Waals surface area contributed by atoms with Gasteiger partial charge in [-0.05, 0) is 103 Å². The lowest BCUT2D eigenvalue weighted by Gasteiger charge is -2.59. The number of benzene rings is 1. The Morgan fingerprint density at radius 3 is 2.39 bits per heavy atom. The van der Waals surface area contributed by atoms with E-state index in [1.54, 1.807) is 16.7 Å². The first-order valence-electron chi connectivity index (χ1n) is 15.7. The lowest BCUT2D eigenvalue weighted by atomic mass is 9.46. The summed E-state index contributed by atoms with van der Waals surface area (Å²) in [5.74, 6) is 2.80. The predicted octanol–water partition coefficient (Wildman–Crippen LogP) is 9.95. The molecule has 1 fully saturated rings. The molecule has 208 valence electrons. The molecule has 0 saturated heterocycles. The number of ether oxygens (including phenoxy) is 1. The molecule has 0 bridgehead atoms. The van der Waals surface area contributed by atoms with Crippen molar-refractivity contribution in [2.75, 3.05) is 0 Å². The lowest BCUT2D eigenvalue weighted by Crippen LogP contribution is -2.54. The van der Waals surface area contributed by atoms with Crippen LogP contribution in [0, 0.1) is 39.9 Å². The van der Waals surface area contributed by atoms with E-state index < -0.39 is 0 Å². The van der Waals surface area contributed by atoms with Gasteiger partial charge < -0.3 is 4.74 Å². The SMILES string of the molecule is CC(C)CCC[C@@H](C)[C@H]1CC=C2C3=C(CC[C@@]21C)[C@@]1(C)CCC(OC(=O)c2ccccc2)C(C)(C)C1CC3. The van der Waals surface area contributed by atoms with Crippen LogP contribution < -0.4 is 0 Å². The van der Waals surface area contributed by atoms with Crippen LogP contribution in [-0.4, -0.2) is 12.1 Å². The van der Waals surface area contributed by atoms with E-state index >= 15 is 0 Å². The molecule has 1 saturated carbocycles. The summed E-state index contributed by atoms with van der Waals surface area (Å²) in [5, 5.41) is 0. The quantitative estimate of drug-likeness (QED) is 0.337. The van der Waals surface area contributed by atoms with E-state index in [0.717, 1.165) is 30.6 Å². The van der Waals surface area contributed by atoms with Crippen LogP contribution in [0.25, 0.3) is 0 Å². The number of carbonyl (C=O) groups excluding carboxylic acids is 1. The monoisotopic (exact) mass is 516 g/mol. The standard InChI is InChI=1S/C36H52O2/c1-24(2)12-11-13-25(3)28-17-18-29-27-16-19-31-34(4,5)32(38-33(37)26-14-9-8-10-15-26)21-23-36(31,7)30(27)20-22-35(28,29)6/h8-10,14-15,18,24-25,28,31-32H,11-13,16-17,19-23H2,1-7H3/t25-,28-,31?,32?,35-,36-/m1/s1. The lowest BCUT2D eigenvalue weighted by molar-refractivity contribution is -0.0993. The molecule has 0 N–H and O–H groups in total. The highest BCUT2D eigenvalue weighted by atomic mass is 16.5. The average molecular weight is 517 g/mol. The molecule has 2 unspecified atom stereocenters. The van der Waals surface area contributed by atoms with Gasteiger partial charge >= 0.3 is 5.97 Å². The van der Waals surface area contributed by atoms with Crippen molar-refractivity contribution in [2.45, 2.75) is 119 Å². The molecule has 6 atom stereocenters. The minimum Gasteiger partial charge on any atom is -0.458 e. The maximum atomic E-state index is 13.0. The van der Waals surface area contributed by atoms with Crippen molar-refractivity contribution in [1.82, 2.24) is 0 Å². The molecule has 1 aromatic rings. The van der Waals surface area contributed by atoms with Crippen molar-refractivity contribution in [3.8, 4) is 0 Å². The average Bonchev–Trinajstić information content (AvgIpc) is 3.23. The molecule has 0 heterocycles. The van der Waals surface area contributed by atoms with Gasteiger partial charge in [-0.1, -0.05) is 97.6 Å². The second-order valence-corrected chi connectivity index (χ2v) is 14.8. The molecule has 0 radical (unpaired) electrons. The van der Waals surface area contributed by atoms with Gasteiger partial charge in [0, 0.05) is 5.41 Å². The Bertz CT molecular complexity index is 1090. The predicted molar refractivity (Wildman–Crippen MR) is 158 cm³/mol. The fourth-order valence-corrected chi connectivity index (χ4v) is 9.59. The van der Waals surface area contributed by atoms with Gasteiger partial charge in [0.2, 0.25) is 0 Å². The third-order valence-electron chi connectivity index (χ3n) is 11.8. The molecular weight excluding hydrogens is 464 g/mol. The van der Waals surface area contributed by atoms with E-state index in [1.807, 2.05) is 30.3 Å². The normalized spacial score (nSPS) is 34.7. The van der Waals surface area contributed by atoms with Gasteiger partial charge in [0.15, 0.2) is 0 Å². The van der Waals surface area contributed by atoms with E-state index in [1.165, 1.54) is 51.4 Å². The molecular formula is C36H52O2. The van der Waals surface area contributed by atoms with Crippen molar-refractivity contribution < 1.29 is 9.53 Å². The van der Waals surface area contributed by atoms with Crippen LogP contribution in [-0.2, 0) is 4.74 Å². The molecule has 4 aliphatic rings. The Morgan fingerprint density at radius 1 is 0.947 bits per heavy atom. The molecule has 4 aliphatic carbocycles. The van der Waals surface area contributed by atoms with Gasteiger partial charge in [-0.25, -0.2) is 4.79 Å². The molecule has 2 nitrogen and oxygen atoms in total. The van der Waals surface area contributed by atoms with E-state index in [0.29, 0.717) is 16.9 Å². The third kappa shape index (κ3) is 4.62. The molecule has 0 aliphatic heterocycles. The van der Waals surface area contributed by atoms with Crippen LogP contribution in [0.15, 0.2) is 53.1 Å². The van der Waals surface area contributed by atoms with Crippen LogP contribution in [0.2, 0.25) is 0 Å². The molecule has 0 spiro atoms. The molecule has 0 amide bonds. The molecule has 2 heteroatoms. The summed E-state index contributed by atoms with van der Waals surface area (Å²) in [7, 11) is 0. The minimum atomic E-state index is -0.166. The Kier molecular flexibility index (Phi) is 7.51. The first kappa shape index (κ1) is 27.7. The van der Waals surface area contributed by atoms with Crippen LogP contribution in [0.5, 0.6) is 0 Å². The van der Waals surface area contributed by atoms with E-state index in [-0.39, 0.29) is 22.9 Å². The summed E-state index contributed by atoms with van der Waals surface area (Å²) in [4.78, 5) is 13.0. The van der Waals surface area contributed by atoms with Crippen LogP contribution in [0.3, 0.4) is 0 Å². The molecule has 38 heavy (non-hydrogen) atoms. The summed E-state index contributed by atoms with van der Waals surface area (Å²) < 4.78 is 6.23. The number of fused-ring (bicyclic) bond motifs is 4. The van der Waals surface area contributed by atoms with Gasteiger partial charge in [-0.3, -0.25) is 0 Å². The Hall–Kier alpha value is -1.83. The number of allylic oxidation sites excluding steroid dienone is 4. The zero-order valence-electron chi connectivity index (χ0n) is 25.2. The van der Waals surface area contributed by atoms with Gasteiger partial charge in [0.05, 0.1) is 5.56 Å². The molecule has 0 aromatic heterocycles. The van der Waals surface area contributed by atoms with Crippen LogP contribution in [0.1, 0.15) is 123 Å². The highest BCUT2D eigenvalue weighted by molar-refractivity contribution is 5.89. The number of esters is 1. The Labute approximate surface area is 232 Å². The highest BCUT2D eigenvalue weighted by Crippen LogP contribution is 2.67. The number of carbonyl (C=O) groups is 1. The maximum absolute atomic E-state index is 13.0. The maximum Gasteiger partial charge on any atom is 0.338 e. The fraction of sp³-hybridized carbons (Fsp3) is 0.694. The second kappa shape index (κ2) is 10.3. The summed E-state index contributed by atoms with van der Waals surface area (Å²) in [6.07, 6.45) is 15.1. The first-order chi connectivity index (χ1) is 18.0. The minimum absolute atomic E-state index is 0.0222. The summed E-state index contributed by atoms with van der Waals surface area (Å²) >= 11 is 0. The van der Waals surface area contributed by atoms with Crippen molar-refractivity contribution in [3.05, 3.63) is 58.7 Å². The highest BCUT2D eigenvalue weighted by Gasteiger charge is 2.58. The smallest absolute Gasteiger partial charge is 0.338 e. The number of rotatable bonds is 7. The van der Waals surface area contributed by atoms with Crippen LogP contribution in [0.4, 0.5) is 0 Å². The number of hydrogen-bond acceptors (Lipinski definition) is 2. The summed E-state index contributed by atoms with van der Waals surface area (Å²) in [5.41, 5.74) is 6.45. The van der Waals surface area contributed by atoms with Crippen molar-refractivity contribution in [3.63, 3.8) is 0 Å². The van der Waals surface area contributed by atoms with Gasteiger partial charge in [-0.2, -0.15) is 0 Å². The summed E-state index contributed by atoms with van der Waals surface area (Å²) in [6, 6.07) is 9.52. The largest absolute Gasteiger partial charge is 0.458 e. The fourth-order valence-electron chi connectivity index (χ4n) is 9.59. The van der Waals surface area contributed by atoms with E-state index in [4.69, 9.17) is 4.74 Å². The van der Waals surface area contributed by atoms with Crippen molar-refractivity contribution in [1.29, 1.82) is 0 Å². The third-order valence-corrected chi connectivity index (χ3v) is 11.8. The van der Waals surface area contributed by atoms with Gasteiger partial charge in [-0.15, -0.1) is 0 Å². The van der Waals surface area contributed by atoms with E-state index in [9.17, 15) is 4.79 Å².